The van der Waals surface area contributed by atoms with Crippen molar-refractivity contribution in [1.82, 2.24) is 0 Å². The molecular formula is C6H6BIO2. The Morgan fingerprint density at radius 1 is 1.30 bits per heavy atom. The molecule has 0 aliphatic carbocycles. The molecule has 0 unspecified atom stereocenters. The lowest BCUT2D eigenvalue weighted by Crippen LogP contribution is -2.11. The van der Waals surface area contributed by atoms with E-state index >= 15 is 0 Å². The maximum Gasteiger partial charge on any atom is 0.597 e. The zero-order chi connectivity index (χ0) is 7.40. The van der Waals surface area contributed by atoms with E-state index in [1.165, 1.54) is 0 Å². The van der Waals surface area contributed by atoms with Gasteiger partial charge in [0.25, 0.3) is 0 Å². The van der Waals surface area contributed by atoms with Crippen molar-refractivity contribution in [3.63, 3.8) is 0 Å². The molecule has 0 spiro atoms. The van der Waals surface area contributed by atoms with Gasteiger partial charge in [-0.1, -0.05) is 40.6 Å². The first-order valence-electron chi connectivity index (χ1n) is 2.83. The molecule has 1 aromatic rings. The van der Waals surface area contributed by atoms with E-state index in [2.05, 4.69) is 0 Å². The van der Waals surface area contributed by atoms with Gasteiger partial charge < -0.3 is 9.68 Å². The van der Waals surface area contributed by atoms with Crippen LogP contribution in [0.1, 0.15) is 0 Å². The van der Waals surface area contributed by atoms with Gasteiger partial charge >= 0.3 is 4.97 Å². The number of halogens is 1. The molecule has 10 heavy (non-hydrogen) atoms. The second-order valence-electron chi connectivity index (χ2n) is 1.72. The Labute approximate surface area is 73.2 Å². The summed E-state index contributed by atoms with van der Waals surface area (Å²) in [6, 6.07) is 9.19. The summed E-state index contributed by atoms with van der Waals surface area (Å²) in [6.07, 6.45) is 0. The van der Waals surface area contributed by atoms with E-state index in [0.29, 0.717) is 5.75 Å². The molecule has 0 amide bonds. The molecule has 0 aliphatic heterocycles. The lowest BCUT2D eigenvalue weighted by atomic mass is 10.3. The summed E-state index contributed by atoms with van der Waals surface area (Å²) in [5.41, 5.74) is 0. The van der Waals surface area contributed by atoms with Gasteiger partial charge in [-0.3, -0.25) is 0 Å². The molecule has 0 atom stereocenters. The van der Waals surface area contributed by atoms with Crippen molar-refractivity contribution in [1.29, 1.82) is 0 Å². The van der Waals surface area contributed by atoms with E-state index in [4.69, 9.17) is 9.68 Å². The van der Waals surface area contributed by atoms with Crippen molar-refractivity contribution in [3.8, 4) is 5.75 Å². The van der Waals surface area contributed by atoms with Crippen LogP contribution in [0.25, 0.3) is 0 Å². The van der Waals surface area contributed by atoms with Gasteiger partial charge in [-0.25, -0.2) is 0 Å². The largest absolute Gasteiger partial charge is 0.597 e. The molecule has 0 saturated carbocycles. The van der Waals surface area contributed by atoms with E-state index < -0.39 is 4.97 Å². The fourth-order valence-electron chi connectivity index (χ4n) is 0.611. The zero-order valence-electron chi connectivity index (χ0n) is 5.20. The Morgan fingerprint density at radius 2 is 1.90 bits per heavy atom. The fourth-order valence-corrected chi connectivity index (χ4v) is 0.905. The highest BCUT2D eigenvalue weighted by molar-refractivity contribution is 14.1. The average molecular weight is 248 g/mol. The summed E-state index contributed by atoms with van der Waals surface area (Å²) in [5, 5.41) is 8.77. The number of benzene rings is 1. The monoisotopic (exact) mass is 248 g/mol. The average Bonchev–Trinajstić information content (AvgIpc) is 1.88. The molecule has 0 aliphatic rings. The van der Waals surface area contributed by atoms with Gasteiger partial charge in [-0.05, 0) is 12.1 Å². The number of hydrogen-bond donors (Lipinski definition) is 1. The molecule has 0 aromatic heterocycles. The SMILES string of the molecule is OB(I)Oc1ccccc1. The topological polar surface area (TPSA) is 29.5 Å². The highest BCUT2D eigenvalue weighted by Crippen LogP contribution is 2.10. The van der Waals surface area contributed by atoms with Crippen molar-refractivity contribution in [2.24, 2.45) is 0 Å². The van der Waals surface area contributed by atoms with Crippen molar-refractivity contribution in [3.05, 3.63) is 30.3 Å². The highest BCUT2D eigenvalue weighted by Gasteiger charge is 2.06. The maximum absolute atomic E-state index is 8.77. The minimum Gasteiger partial charge on any atom is -0.528 e. The Morgan fingerprint density at radius 3 is 2.40 bits per heavy atom. The third kappa shape index (κ3) is 2.57. The van der Waals surface area contributed by atoms with Crippen LogP contribution < -0.4 is 4.65 Å². The van der Waals surface area contributed by atoms with Crippen LogP contribution in [0, 0.1) is 0 Å². The van der Waals surface area contributed by atoms with Crippen molar-refractivity contribution >= 4 is 27.3 Å². The van der Waals surface area contributed by atoms with Crippen molar-refractivity contribution in [2.75, 3.05) is 0 Å². The quantitative estimate of drug-likeness (QED) is 0.634. The first kappa shape index (κ1) is 7.88. The smallest absolute Gasteiger partial charge is 0.528 e. The number of hydrogen-bond acceptors (Lipinski definition) is 2. The summed E-state index contributed by atoms with van der Waals surface area (Å²) < 4.78 is 4.96. The van der Waals surface area contributed by atoms with Gasteiger partial charge in [-0.15, -0.1) is 0 Å². The summed E-state index contributed by atoms with van der Waals surface area (Å²) >= 11 is 1.78. The third-order valence-electron chi connectivity index (χ3n) is 0.977. The second-order valence-corrected chi connectivity index (χ2v) is 2.79. The number of para-hydroxylation sites is 1. The standard InChI is InChI=1S/C6H6BIO2/c8-7(9)10-6-4-2-1-3-5-6/h1-5,9H. The molecule has 4 heteroatoms. The highest BCUT2D eigenvalue weighted by atomic mass is 127. The van der Waals surface area contributed by atoms with Gasteiger partial charge in [-0.2, -0.15) is 0 Å². The minimum absolute atomic E-state index is 0.685. The molecule has 0 bridgehead atoms. The van der Waals surface area contributed by atoms with Gasteiger partial charge in [0.2, 0.25) is 0 Å². The predicted molar refractivity (Wildman–Crippen MR) is 49.1 cm³/mol. The lowest BCUT2D eigenvalue weighted by molar-refractivity contribution is 0.449. The molecule has 1 N–H and O–H groups in total. The number of rotatable bonds is 2. The van der Waals surface area contributed by atoms with Crippen LogP contribution in [0.3, 0.4) is 0 Å². The fraction of sp³-hybridized carbons (Fsp3) is 0. The van der Waals surface area contributed by atoms with Crippen molar-refractivity contribution in [2.45, 2.75) is 0 Å². The van der Waals surface area contributed by atoms with E-state index in [1.807, 2.05) is 18.2 Å². The molecule has 0 saturated heterocycles. The van der Waals surface area contributed by atoms with Gasteiger partial charge in [0.1, 0.15) is 5.75 Å². The molecule has 0 radical (unpaired) electrons. The summed E-state index contributed by atoms with van der Waals surface area (Å²) in [7, 11) is 0. The molecule has 1 rings (SSSR count). The van der Waals surface area contributed by atoms with Gasteiger partial charge in [0.05, 0.1) is 0 Å². The predicted octanol–water partition coefficient (Wildman–Crippen LogP) is 1.48. The third-order valence-corrected chi connectivity index (χ3v) is 1.23. The van der Waals surface area contributed by atoms with Gasteiger partial charge in [0.15, 0.2) is 0 Å². The normalized spacial score (nSPS) is 9.00. The van der Waals surface area contributed by atoms with E-state index in [9.17, 15) is 0 Å². The molecule has 52 valence electrons. The van der Waals surface area contributed by atoms with Gasteiger partial charge in [0, 0.05) is 0 Å². The minimum atomic E-state index is -0.764. The molecule has 1 aromatic carbocycles. The summed E-state index contributed by atoms with van der Waals surface area (Å²) in [5.74, 6) is 0.685. The van der Waals surface area contributed by atoms with E-state index in [0.717, 1.165) is 0 Å². The van der Waals surface area contributed by atoms with E-state index in [-0.39, 0.29) is 0 Å². The zero-order valence-corrected chi connectivity index (χ0v) is 7.36. The van der Waals surface area contributed by atoms with E-state index in [1.54, 1.807) is 34.5 Å². The Kier molecular flexibility index (Phi) is 3.01. The maximum atomic E-state index is 8.77. The van der Waals surface area contributed by atoms with Crippen LogP contribution in [0.4, 0.5) is 0 Å². The van der Waals surface area contributed by atoms with Crippen LogP contribution in [0.2, 0.25) is 0 Å². The van der Waals surface area contributed by atoms with Crippen LogP contribution in [-0.4, -0.2) is 10.00 Å². The lowest BCUT2D eigenvalue weighted by Gasteiger charge is -2.02. The molecule has 0 fully saturated rings. The van der Waals surface area contributed by atoms with Crippen LogP contribution in [-0.2, 0) is 0 Å². The molecule has 0 heterocycles. The summed E-state index contributed by atoms with van der Waals surface area (Å²) in [4.78, 5) is -0.764. The van der Waals surface area contributed by atoms with Crippen LogP contribution >= 0.6 is 22.4 Å². The molecule has 2 nitrogen and oxygen atoms in total. The second kappa shape index (κ2) is 3.83. The first-order chi connectivity index (χ1) is 4.79. The van der Waals surface area contributed by atoms with Crippen molar-refractivity contribution < 1.29 is 9.68 Å². The van der Waals surface area contributed by atoms with Crippen LogP contribution in [0.15, 0.2) is 30.3 Å². The van der Waals surface area contributed by atoms with Crippen LogP contribution in [0.5, 0.6) is 5.75 Å². The Balaban J connectivity index is 2.59. The Bertz CT molecular complexity index is 190. The Hall–Kier alpha value is -0.225. The summed E-state index contributed by atoms with van der Waals surface area (Å²) in [6.45, 7) is 0. The molecular weight excluding hydrogens is 242 g/mol. The first-order valence-corrected chi connectivity index (χ1v) is 4.07.